The van der Waals surface area contributed by atoms with Gasteiger partial charge in [0.05, 0.1) is 5.69 Å². The van der Waals surface area contributed by atoms with Crippen LogP contribution < -0.4 is 10.6 Å². The molecule has 0 fully saturated rings. The van der Waals surface area contributed by atoms with Crippen LogP contribution in [0, 0.1) is 0 Å². The second-order valence-corrected chi connectivity index (χ2v) is 6.15. The van der Waals surface area contributed by atoms with Crippen molar-refractivity contribution in [2.24, 2.45) is 0 Å². The number of hydrogen-bond acceptors (Lipinski definition) is 6. The van der Waals surface area contributed by atoms with Crippen LogP contribution in [-0.4, -0.2) is 41.2 Å². The van der Waals surface area contributed by atoms with Crippen molar-refractivity contribution in [3.8, 4) is 0 Å². The molecule has 0 unspecified atom stereocenters. The Morgan fingerprint density at radius 2 is 2.12 bits per heavy atom. The summed E-state index contributed by atoms with van der Waals surface area (Å²) < 4.78 is 5.50. The highest BCUT2D eigenvalue weighted by Crippen LogP contribution is 2.20. The summed E-state index contributed by atoms with van der Waals surface area (Å²) in [5.41, 5.74) is 3.54. The summed E-state index contributed by atoms with van der Waals surface area (Å²) in [7, 11) is 0. The maximum absolute atomic E-state index is 5.50. The maximum Gasteiger partial charge on any atom is 0.156 e. The Labute approximate surface area is 149 Å². The van der Waals surface area contributed by atoms with Crippen molar-refractivity contribution < 1.29 is 4.74 Å². The van der Waals surface area contributed by atoms with E-state index in [2.05, 4.69) is 21.7 Å². The number of aromatic nitrogens is 3. The van der Waals surface area contributed by atoms with Crippen LogP contribution in [0.5, 0.6) is 0 Å². The Balaban J connectivity index is 1.65. The largest absolute Gasteiger partial charge is 0.374 e. The molecule has 6 heteroatoms. The molecule has 25 heavy (non-hydrogen) atoms. The smallest absolute Gasteiger partial charge is 0.156 e. The lowest BCUT2D eigenvalue weighted by atomic mass is 10.1. The minimum atomic E-state index is 0.472. The van der Waals surface area contributed by atoms with E-state index in [1.807, 2.05) is 25.3 Å². The molecule has 6 nitrogen and oxygen atoms in total. The third-order valence-corrected chi connectivity index (χ3v) is 4.29. The van der Waals surface area contributed by atoms with Gasteiger partial charge in [-0.05, 0) is 44.9 Å². The van der Waals surface area contributed by atoms with Crippen LogP contribution in [0.4, 0.5) is 5.82 Å². The zero-order valence-corrected chi connectivity index (χ0v) is 14.9. The zero-order chi connectivity index (χ0) is 17.3. The Morgan fingerprint density at radius 3 is 2.96 bits per heavy atom. The molecule has 1 aliphatic rings. The fraction of sp³-hybridized carbons (Fsp3) is 0.526. The highest BCUT2D eigenvalue weighted by atomic mass is 16.5. The van der Waals surface area contributed by atoms with E-state index in [4.69, 9.17) is 14.7 Å². The van der Waals surface area contributed by atoms with Gasteiger partial charge in [-0.1, -0.05) is 6.07 Å². The number of pyridine rings is 1. The summed E-state index contributed by atoms with van der Waals surface area (Å²) in [5, 5.41) is 6.96. The summed E-state index contributed by atoms with van der Waals surface area (Å²) in [6, 6.07) is 6.06. The molecule has 0 saturated carbocycles. The number of anilines is 1. The molecule has 1 aliphatic heterocycles. The van der Waals surface area contributed by atoms with E-state index >= 15 is 0 Å². The lowest BCUT2D eigenvalue weighted by molar-refractivity contribution is 0.128. The number of ether oxygens (including phenoxy) is 1. The third-order valence-electron chi connectivity index (χ3n) is 4.29. The number of nitrogens with one attached hydrogen (secondary N) is 2. The molecule has 2 N–H and O–H groups in total. The van der Waals surface area contributed by atoms with Crippen molar-refractivity contribution in [2.45, 2.75) is 39.2 Å². The van der Waals surface area contributed by atoms with Crippen molar-refractivity contribution >= 4 is 5.82 Å². The molecule has 134 valence electrons. The van der Waals surface area contributed by atoms with Gasteiger partial charge in [-0.2, -0.15) is 0 Å². The second kappa shape index (κ2) is 9.44. The number of fused-ring (bicyclic) bond motifs is 1. The molecule has 2 aromatic heterocycles. The Kier molecular flexibility index (Phi) is 6.71. The van der Waals surface area contributed by atoms with Crippen LogP contribution in [0.3, 0.4) is 0 Å². The predicted octanol–water partition coefficient (Wildman–Crippen LogP) is 2.14. The molecule has 0 aromatic carbocycles. The standard InChI is InChI=1S/C19H27N5O/c1-2-25-14-18-23-17-9-13-20-12-8-16(17)19(24-18)22-11-5-7-15-6-3-4-10-21-15/h3-4,6,10,20H,2,5,7-9,11-14H2,1H3,(H,22,23,24). The van der Waals surface area contributed by atoms with Crippen molar-refractivity contribution in [3.63, 3.8) is 0 Å². The van der Waals surface area contributed by atoms with E-state index < -0.39 is 0 Å². The van der Waals surface area contributed by atoms with Crippen LogP contribution in [-0.2, 0) is 30.6 Å². The van der Waals surface area contributed by atoms with Gasteiger partial charge in [-0.3, -0.25) is 4.98 Å². The summed E-state index contributed by atoms with van der Waals surface area (Å²) in [6.07, 6.45) is 5.75. The Hall–Kier alpha value is -2.05. The van der Waals surface area contributed by atoms with E-state index in [1.165, 1.54) is 5.56 Å². The average Bonchev–Trinajstić information content (AvgIpc) is 2.90. The fourth-order valence-electron chi connectivity index (χ4n) is 3.02. The number of rotatable bonds is 8. The molecule has 0 bridgehead atoms. The molecule has 3 heterocycles. The van der Waals surface area contributed by atoms with E-state index in [9.17, 15) is 0 Å². The first-order chi connectivity index (χ1) is 12.4. The van der Waals surface area contributed by atoms with E-state index in [-0.39, 0.29) is 0 Å². The summed E-state index contributed by atoms with van der Waals surface area (Å²) >= 11 is 0. The van der Waals surface area contributed by atoms with Crippen LogP contribution in [0.1, 0.15) is 36.1 Å². The van der Waals surface area contributed by atoms with Crippen LogP contribution in [0.2, 0.25) is 0 Å². The maximum atomic E-state index is 5.50. The quantitative estimate of drug-likeness (QED) is 0.717. The minimum Gasteiger partial charge on any atom is -0.374 e. The third kappa shape index (κ3) is 5.21. The molecule has 0 atom stereocenters. The molecular formula is C19H27N5O. The van der Waals surface area contributed by atoms with Crippen molar-refractivity contribution in [1.29, 1.82) is 0 Å². The predicted molar refractivity (Wildman–Crippen MR) is 98.7 cm³/mol. The molecule has 0 amide bonds. The normalized spacial score (nSPS) is 14.0. The lowest BCUT2D eigenvalue weighted by Crippen LogP contribution is -2.16. The SMILES string of the molecule is CCOCc1nc2c(c(NCCCc3ccccn3)n1)CCNCC2. The first-order valence-corrected chi connectivity index (χ1v) is 9.17. The molecule has 3 rings (SSSR count). The fourth-order valence-corrected chi connectivity index (χ4v) is 3.02. The highest BCUT2D eigenvalue weighted by molar-refractivity contribution is 5.47. The van der Waals surface area contributed by atoms with Crippen LogP contribution >= 0.6 is 0 Å². The summed E-state index contributed by atoms with van der Waals surface area (Å²) in [6.45, 7) is 5.96. The van der Waals surface area contributed by atoms with Gasteiger partial charge in [0, 0.05) is 43.6 Å². The summed E-state index contributed by atoms with van der Waals surface area (Å²) in [5.74, 6) is 1.75. The minimum absolute atomic E-state index is 0.472. The highest BCUT2D eigenvalue weighted by Gasteiger charge is 2.16. The van der Waals surface area contributed by atoms with Gasteiger partial charge in [-0.25, -0.2) is 9.97 Å². The van der Waals surface area contributed by atoms with E-state index in [0.717, 1.165) is 68.3 Å². The van der Waals surface area contributed by atoms with Gasteiger partial charge >= 0.3 is 0 Å². The first-order valence-electron chi connectivity index (χ1n) is 9.17. The zero-order valence-electron chi connectivity index (χ0n) is 14.9. The van der Waals surface area contributed by atoms with Gasteiger partial charge < -0.3 is 15.4 Å². The Bertz CT molecular complexity index is 662. The van der Waals surface area contributed by atoms with Gasteiger partial charge in [0.25, 0.3) is 0 Å². The van der Waals surface area contributed by atoms with Gasteiger partial charge in [0.15, 0.2) is 5.82 Å². The van der Waals surface area contributed by atoms with Gasteiger partial charge in [0.1, 0.15) is 12.4 Å². The molecule has 0 spiro atoms. The molecule has 2 aromatic rings. The number of nitrogens with zero attached hydrogens (tertiary/aromatic N) is 3. The van der Waals surface area contributed by atoms with Crippen LogP contribution in [0.25, 0.3) is 0 Å². The van der Waals surface area contributed by atoms with E-state index in [1.54, 1.807) is 0 Å². The van der Waals surface area contributed by atoms with Gasteiger partial charge in [-0.15, -0.1) is 0 Å². The van der Waals surface area contributed by atoms with Crippen molar-refractivity contribution in [3.05, 3.63) is 47.2 Å². The summed E-state index contributed by atoms with van der Waals surface area (Å²) in [4.78, 5) is 13.8. The molecule has 0 saturated heterocycles. The number of aryl methyl sites for hydroxylation is 1. The van der Waals surface area contributed by atoms with Crippen LogP contribution in [0.15, 0.2) is 24.4 Å². The molecular weight excluding hydrogens is 314 g/mol. The Morgan fingerprint density at radius 1 is 1.20 bits per heavy atom. The first kappa shape index (κ1) is 17.8. The lowest BCUT2D eigenvalue weighted by Gasteiger charge is -2.15. The van der Waals surface area contributed by atoms with Crippen molar-refractivity contribution in [2.75, 3.05) is 31.6 Å². The van der Waals surface area contributed by atoms with Crippen molar-refractivity contribution in [1.82, 2.24) is 20.3 Å². The monoisotopic (exact) mass is 341 g/mol. The molecule has 0 radical (unpaired) electrons. The average molecular weight is 341 g/mol. The second-order valence-electron chi connectivity index (χ2n) is 6.15. The number of hydrogen-bond donors (Lipinski definition) is 2. The van der Waals surface area contributed by atoms with E-state index in [0.29, 0.717) is 13.2 Å². The topological polar surface area (TPSA) is 72.0 Å². The molecule has 0 aliphatic carbocycles. The van der Waals surface area contributed by atoms with Gasteiger partial charge in [0.2, 0.25) is 0 Å².